The highest BCUT2D eigenvalue weighted by molar-refractivity contribution is 7.15. The topological polar surface area (TPSA) is 89.5 Å². The second-order valence-electron chi connectivity index (χ2n) is 6.55. The van der Waals surface area contributed by atoms with Gasteiger partial charge in [-0.1, -0.05) is 45.0 Å². The van der Waals surface area contributed by atoms with Crippen LogP contribution in [0.5, 0.6) is 0 Å². The number of hydrogen-bond acceptors (Lipinski definition) is 4. The van der Waals surface area contributed by atoms with Gasteiger partial charge in [0.2, 0.25) is 5.91 Å². The van der Waals surface area contributed by atoms with Gasteiger partial charge in [-0.05, 0) is 17.9 Å². The van der Waals surface area contributed by atoms with E-state index in [0.29, 0.717) is 5.69 Å². The number of aryl methyl sites for hydroxylation is 1. The van der Waals surface area contributed by atoms with E-state index >= 15 is 0 Å². The fourth-order valence-corrected chi connectivity index (χ4v) is 3.63. The summed E-state index contributed by atoms with van der Waals surface area (Å²) in [6.45, 7) is 5.80. The van der Waals surface area contributed by atoms with Crippen LogP contribution in [-0.2, 0) is 11.2 Å². The van der Waals surface area contributed by atoms with Gasteiger partial charge >= 0.3 is 0 Å². The number of aromatic nitrogens is 2. The highest BCUT2D eigenvalue weighted by atomic mass is 32.1. The fraction of sp³-hybridized carbons (Fsp3) is 0.316. The Bertz CT molecular complexity index is 940. The lowest BCUT2D eigenvalue weighted by atomic mass is 10.0. The third kappa shape index (κ3) is 3.48. The molecule has 0 radical (unpaired) electrons. The first-order valence-corrected chi connectivity index (χ1v) is 9.44. The van der Waals surface area contributed by atoms with Gasteiger partial charge in [-0.2, -0.15) is 0 Å². The largest absolute Gasteiger partial charge is 0.368 e. The lowest BCUT2D eigenvalue weighted by Crippen LogP contribution is -2.47. The van der Waals surface area contributed by atoms with Crippen LogP contribution in [0.15, 0.2) is 35.8 Å². The number of fused-ring (bicyclic) bond motifs is 1. The molecule has 0 unspecified atom stereocenters. The maximum absolute atomic E-state index is 12.6. The van der Waals surface area contributed by atoms with Gasteiger partial charge in [0, 0.05) is 17.1 Å². The molecule has 3 rings (SSSR count). The molecule has 7 heteroatoms. The molecule has 0 aliphatic carbocycles. The van der Waals surface area contributed by atoms with Crippen molar-refractivity contribution in [3.05, 3.63) is 47.1 Å². The molecule has 3 N–H and O–H groups in total. The van der Waals surface area contributed by atoms with E-state index in [1.807, 2.05) is 32.2 Å². The molecule has 0 spiro atoms. The normalized spacial score (nSPS) is 12.5. The van der Waals surface area contributed by atoms with Crippen molar-refractivity contribution in [1.82, 2.24) is 14.7 Å². The van der Waals surface area contributed by atoms with Crippen molar-refractivity contribution in [3.63, 3.8) is 0 Å². The van der Waals surface area contributed by atoms with Crippen LogP contribution in [0.2, 0.25) is 0 Å². The molecule has 26 heavy (non-hydrogen) atoms. The molecule has 0 fully saturated rings. The highest BCUT2D eigenvalue weighted by Crippen LogP contribution is 2.24. The van der Waals surface area contributed by atoms with E-state index < -0.39 is 11.9 Å². The zero-order valence-electron chi connectivity index (χ0n) is 15.0. The minimum atomic E-state index is -0.706. The Morgan fingerprint density at radius 1 is 1.27 bits per heavy atom. The smallest absolute Gasteiger partial charge is 0.269 e. The monoisotopic (exact) mass is 370 g/mol. The Labute approximate surface area is 156 Å². The summed E-state index contributed by atoms with van der Waals surface area (Å²) in [5, 5.41) is 4.46. The molecule has 1 atom stereocenters. The molecule has 2 heterocycles. The maximum Gasteiger partial charge on any atom is 0.269 e. The van der Waals surface area contributed by atoms with Gasteiger partial charge in [0.05, 0.1) is 5.69 Å². The van der Waals surface area contributed by atoms with Crippen LogP contribution in [0.3, 0.4) is 0 Å². The first-order valence-electron chi connectivity index (χ1n) is 8.56. The third-order valence-corrected chi connectivity index (χ3v) is 5.20. The lowest BCUT2D eigenvalue weighted by Gasteiger charge is -2.18. The molecule has 2 amide bonds. The Morgan fingerprint density at radius 3 is 2.54 bits per heavy atom. The molecule has 0 saturated carbocycles. The van der Waals surface area contributed by atoms with Crippen molar-refractivity contribution >= 4 is 28.1 Å². The van der Waals surface area contributed by atoms with Crippen LogP contribution >= 0.6 is 11.3 Å². The molecule has 1 aromatic carbocycles. The maximum atomic E-state index is 12.6. The highest BCUT2D eigenvalue weighted by Gasteiger charge is 2.24. The molecule has 2 aromatic heterocycles. The van der Waals surface area contributed by atoms with Gasteiger partial charge in [-0.3, -0.25) is 14.0 Å². The van der Waals surface area contributed by atoms with Crippen LogP contribution < -0.4 is 11.1 Å². The summed E-state index contributed by atoms with van der Waals surface area (Å²) in [5.74, 6) is -0.956. The lowest BCUT2D eigenvalue weighted by molar-refractivity contribution is -0.120. The van der Waals surface area contributed by atoms with Gasteiger partial charge in [-0.15, -0.1) is 11.3 Å². The van der Waals surface area contributed by atoms with Crippen molar-refractivity contribution in [2.45, 2.75) is 33.2 Å². The number of benzene rings is 1. The van der Waals surface area contributed by atoms with E-state index in [-0.39, 0.29) is 11.8 Å². The van der Waals surface area contributed by atoms with Gasteiger partial charge < -0.3 is 11.1 Å². The average Bonchev–Trinajstić information content (AvgIpc) is 3.19. The van der Waals surface area contributed by atoms with Gasteiger partial charge in [0.25, 0.3) is 5.91 Å². The summed E-state index contributed by atoms with van der Waals surface area (Å²) < 4.78 is 1.75. The zero-order chi connectivity index (χ0) is 18.8. The number of nitrogens with zero attached hydrogens (tertiary/aromatic N) is 2. The van der Waals surface area contributed by atoms with Crippen molar-refractivity contribution in [2.75, 3.05) is 0 Å². The first kappa shape index (κ1) is 18.1. The van der Waals surface area contributed by atoms with Crippen molar-refractivity contribution in [3.8, 4) is 11.3 Å². The molecule has 6 nitrogen and oxygen atoms in total. The number of primary amides is 1. The number of imidazole rings is 1. The number of carbonyl (C=O) groups excluding carboxylic acids is 2. The molecule has 0 aliphatic heterocycles. The number of carbonyl (C=O) groups is 2. The van der Waals surface area contributed by atoms with Crippen molar-refractivity contribution in [2.24, 2.45) is 11.7 Å². The summed E-state index contributed by atoms with van der Waals surface area (Å²) in [4.78, 5) is 29.5. The molecular weight excluding hydrogens is 348 g/mol. The van der Waals surface area contributed by atoms with Crippen molar-refractivity contribution in [1.29, 1.82) is 0 Å². The zero-order valence-corrected chi connectivity index (χ0v) is 15.8. The van der Waals surface area contributed by atoms with E-state index in [4.69, 9.17) is 5.73 Å². The Hall–Kier alpha value is -2.67. The summed E-state index contributed by atoms with van der Waals surface area (Å²) in [6.07, 6.45) is 2.83. The van der Waals surface area contributed by atoms with E-state index in [1.54, 1.807) is 9.78 Å². The quantitative estimate of drug-likeness (QED) is 0.699. The summed E-state index contributed by atoms with van der Waals surface area (Å²) >= 11 is 1.38. The number of thiazole rings is 1. The number of rotatable bonds is 6. The average molecular weight is 370 g/mol. The summed E-state index contributed by atoms with van der Waals surface area (Å²) in [6, 6.07) is 7.52. The Morgan fingerprint density at radius 2 is 1.96 bits per heavy atom. The molecule has 0 bridgehead atoms. The Kier molecular flexibility index (Phi) is 5.08. The minimum absolute atomic E-state index is 0.0824. The number of hydrogen-bond donors (Lipinski definition) is 2. The van der Waals surface area contributed by atoms with E-state index in [2.05, 4.69) is 29.4 Å². The van der Waals surface area contributed by atoms with E-state index in [1.165, 1.54) is 16.9 Å². The number of nitrogens with one attached hydrogen (secondary N) is 1. The number of nitrogens with two attached hydrogens (primary N) is 1. The van der Waals surface area contributed by atoms with E-state index in [9.17, 15) is 9.59 Å². The van der Waals surface area contributed by atoms with Crippen LogP contribution in [-0.4, -0.2) is 27.2 Å². The predicted molar refractivity (Wildman–Crippen MR) is 103 cm³/mol. The van der Waals surface area contributed by atoms with Crippen LogP contribution in [0.1, 0.15) is 36.8 Å². The van der Waals surface area contributed by atoms with Gasteiger partial charge in [-0.25, -0.2) is 4.98 Å². The summed E-state index contributed by atoms with van der Waals surface area (Å²) in [5.41, 5.74) is 8.91. The predicted octanol–water partition coefficient (Wildman–Crippen LogP) is 2.86. The molecule has 0 aliphatic rings. The minimum Gasteiger partial charge on any atom is -0.368 e. The fourth-order valence-electron chi connectivity index (χ4n) is 2.78. The first-order chi connectivity index (χ1) is 12.4. The molecular formula is C19H22N4O2S. The SMILES string of the molecule is CCc1ccc(-c2cn3c(C(=O)N[C@H](C(N)=O)C(C)C)csc3n2)cc1. The van der Waals surface area contributed by atoms with Crippen LogP contribution in [0.25, 0.3) is 16.2 Å². The molecule has 0 saturated heterocycles. The van der Waals surface area contributed by atoms with Crippen LogP contribution in [0, 0.1) is 5.92 Å². The van der Waals surface area contributed by atoms with E-state index in [0.717, 1.165) is 22.6 Å². The summed E-state index contributed by atoms with van der Waals surface area (Å²) in [7, 11) is 0. The third-order valence-electron chi connectivity index (χ3n) is 4.36. The Balaban J connectivity index is 1.89. The molecule has 136 valence electrons. The van der Waals surface area contributed by atoms with Gasteiger partial charge in [0.1, 0.15) is 11.7 Å². The van der Waals surface area contributed by atoms with Crippen molar-refractivity contribution < 1.29 is 9.59 Å². The molecule has 3 aromatic rings. The second-order valence-corrected chi connectivity index (χ2v) is 7.38. The van der Waals surface area contributed by atoms with Gasteiger partial charge in [0.15, 0.2) is 4.96 Å². The van der Waals surface area contributed by atoms with Crippen LogP contribution in [0.4, 0.5) is 0 Å². The number of amides is 2. The second kappa shape index (κ2) is 7.29. The standard InChI is InChI=1S/C19H22N4O2S/c1-4-12-5-7-13(8-6-12)14-9-23-15(10-26-19(23)21-14)18(25)22-16(11(2)3)17(20)24/h5-11,16H,4H2,1-3H3,(H2,20,24)(H,22,25)/t16-/m0/s1.